The molecule has 1 unspecified atom stereocenters. The van der Waals surface area contributed by atoms with Gasteiger partial charge in [0.15, 0.2) is 0 Å². The lowest BCUT2D eigenvalue weighted by Crippen LogP contribution is -2.07. The van der Waals surface area contributed by atoms with E-state index < -0.39 is 0 Å². The zero-order valence-corrected chi connectivity index (χ0v) is 8.78. The minimum Gasteiger partial charge on any atom is -0.378 e. The molecule has 2 rings (SSSR count). The van der Waals surface area contributed by atoms with Gasteiger partial charge in [-0.25, -0.2) is 0 Å². The minimum absolute atomic E-state index is 0.520. The van der Waals surface area contributed by atoms with Crippen LogP contribution in [0.2, 0.25) is 0 Å². The quantitative estimate of drug-likeness (QED) is 0.734. The van der Waals surface area contributed by atoms with Crippen molar-refractivity contribution in [3.8, 4) is 0 Å². The van der Waals surface area contributed by atoms with Gasteiger partial charge >= 0.3 is 0 Å². The number of rotatable bonds is 4. The first-order valence-electron chi connectivity index (χ1n) is 5.46. The van der Waals surface area contributed by atoms with Gasteiger partial charge in [0.1, 0.15) is 0 Å². The second-order valence-electron chi connectivity index (χ2n) is 4.00. The lowest BCUT2D eigenvalue weighted by atomic mass is 10.1. The Kier molecular flexibility index (Phi) is 3.19. The van der Waals surface area contributed by atoms with E-state index in [1.54, 1.807) is 0 Å². The van der Waals surface area contributed by atoms with Crippen LogP contribution in [0.5, 0.6) is 0 Å². The van der Waals surface area contributed by atoms with E-state index in [4.69, 9.17) is 4.74 Å². The van der Waals surface area contributed by atoms with Crippen LogP contribution in [0.4, 0.5) is 0 Å². The molecule has 14 heavy (non-hydrogen) atoms. The predicted molar refractivity (Wildman–Crippen MR) is 55.2 cm³/mol. The number of aromatic nitrogens is 2. The molecule has 0 amide bonds. The fraction of sp³-hybridized carbons (Fsp3) is 0.727. The van der Waals surface area contributed by atoms with E-state index in [2.05, 4.69) is 5.10 Å². The van der Waals surface area contributed by atoms with Crippen LogP contribution in [-0.2, 0) is 11.3 Å². The van der Waals surface area contributed by atoms with Crippen molar-refractivity contribution in [2.75, 3.05) is 6.61 Å². The molecular weight excluding hydrogens is 176 g/mol. The van der Waals surface area contributed by atoms with Crippen molar-refractivity contribution in [1.82, 2.24) is 9.78 Å². The van der Waals surface area contributed by atoms with Crippen LogP contribution in [0.25, 0.3) is 0 Å². The van der Waals surface area contributed by atoms with Gasteiger partial charge in [0.25, 0.3) is 0 Å². The van der Waals surface area contributed by atoms with Crippen LogP contribution in [0.1, 0.15) is 31.4 Å². The third-order valence-corrected chi connectivity index (χ3v) is 2.71. The molecular formula is C11H18N2O. The van der Waals surface area contributed by atoms with E-state index in [9.17, 15) is 0 Å². The summed E-state index contributed by atoms with van der Waals surface area (Å²) >= 11 is 0. The Bertz CT molecular complexity index is 277. The molecule has 0 bridgehead atoms. The van der Waals surface area contributed by atoms with E-state index >= 15 is 0 Å². The van der Waals surface area contributed by atoms with Crippen LogP contribution in [0.3, 0.4) is 0 Å². The van der Waals surface area contributed by atoms with E-state index in [0.717, 1.165) is 18.8 Å². The number of hydrogen-bond donors (Lipinski definition) is 0. The summed E-state index contributed by atoms with van der Waals surface area (Å²) in [7, 11) is 0. The molecule has 1 aliphatic heterocycles. The van der Waals surface area contributed by atoms with Crippen LogP contribution >= 0.6 is 0 Å². The van der Waals surface area contributed by atoms with Crippen molar-refractivity contribution in [3.05, 3.63) is 18.0 Å². The largest absolute Gasteiger partial charge is 0.378 e. The molecule has 1 aliphatic rings. The summed E-state index contributed by atoms with van der Waals surface area (Å²) < 4.78 is 7.58. The predicted octanol–water partition coefficient (Wildman–Crippen LogP) is 2.15. The average molecular weight is 194 g/mol. The molecule has 1 aromatic heterocycles. The lowest BCUT2D eigenvalue weighted by molar-refractivity contribution is 0.101. The maximum Gasteiger partial charge on any atom is 0.0593 e. The number of nitrogens with zero attached hydrogens (tertiary/aromatic N) is 2. The fourth-order valence-electron chi connectivity index (χ4n) is 1.94. The van der Waals surface area contributed by atoms with Gasteiger partial charge in [-0.1, -0.05) is 0 Å². The topological polar surface area (TPSA) is 27.1 Å². The van der Waals surface area contributed by atoms with Crippen LogP contribution in [0.15, 0.2) is 12.3 Å². The van der Waals surface area contributed by atoms with Crippen molar-refractivity contribution in [2.45, 2.75) is 45.3 Å². The molecule has 0 aliphatic carbocycles. The zero-order valence-electron chi connectivity index (χ0n) is 8.78. The first-order valence-corrected chi connectivity index (χ1v) is 5.46. The molecule has 3 nitrogen and oxygen atoms in total. The van der Waals surface area contributed by atoms with Crippen molar-refractivity contribution in [2.24, 2.45) is 0 Å². The third-order valence-electron chi connectivity index (χ3n) is 2.71. The molecule has 0 saturated carbocycles. The fourth-order valence-corrected chi connectivity index (χ4v) is 1.94. The van der Waals surface area contributed by atoms with Crippen LogP contribution < -0.4 is 0 Å². The summed E-state index contributed by atoms with van der Waals surface area (Å²) in [5.41, 5.74) is 1.10. The summed E-state index contributed by atoms with van der Waals surface area (Å²) in [6.07, 6.45) is 7.41. The average Bonchev–Trinajstić information content (AvgIpc) is 2.77. The van der Waals surface area contributed by atoms with Gasteiger partial charge in [0.05, 0.1) is 11.8 Å². The van der Waals surface area contributed by atoms with Crippen molar-refractivity contribution in [1.29, 1.82) is 0 Å². The molecule has 0 spiro atoms. The second kappa shape index (κ2) is 4.60. The molecule has 0 aromatic carbocycles. The van der Waals surface area contributed by atoms with Gasteiger partial charge in [-0.3, -0.25) is 4.68 Å². The molecule has 1 saturated heterocycles. The summed E-state index contributed by atoms with van der Waals surface area (Å²) in [4.78, 5) is 0. The number of ether oxygens (including phenoxy) is 1. The van der Waals surface area contributed by atoms with Gasteiger partial charge in [-0.15, -0.1) is 0 Å². The molecule has 0 N–H and O–H groups in total. The monoisotopic (exact) mass is 194 g/mol. The minimum atomic E-state index is 0.520. The van der Waals surface area contributed by atoms with Gasteiger partial charge in [-0.2, -0.15) is 5.10 Å². The highest BCUT2D eigenvalue weighted by atomic mass is 16.5. The highest BCUT2D eigenvalue weighted by Crippen LogP contribution is 2.16. The zero-order chi connectivity index (χ0) is 9.80. The maximum absolute atomic E-state index is 5.57. The molecule has 3 heteroatoms. The van der Waals surface area contributed by atoms with E-state index in [1.165, 1.54) is 25.7 Å². The second-order valence-corrected chi connectivity index (χ2v) is 4.00. The molecule has 1 atom stereocenters. The van der Waals surface area contributed by atoms with Crippen LogP contribution in [-0.4, -0.2) is 22.5 Å². The van der Waals surface area contributed by atoms with Gasteiger partial charge in [0, 0.05) is 19.3 Å². The lowest BCUT2D eigenvalue weighted by Gasteiger charge is -2.08. The smallest absolute Gasteiger partial charge is 0.0593 e. The Morgan fingerprint density at radius 2 is 2.57 bits per heavy atom. The normalized spacial score (nSPS) is 21.6. The van der Waals surface area contributed by atoms with Gasteiger partial charge < -0.3 is 4.74 Å². The van der Waals surface area contributed by atoms with E-state index in [1.807, 2.05) is 23.9 Å². The molecule has 78 valence electrons. The molecule has 1 fully saturated rings. The van der Waals surface area contributed by atoms with Crippen molar-refractivity contribution < 1.29 is 4.74 Å². The summed E-state index contributed by atoms with van der Waals surface area (Å²) in [6.45, 7) is 4.01. The summed E-state index contributed by atoms with van der Waals surface area (Å²) in [6, 6.07) is 2.05. The standard InChI is InChI=1S/C11H18N2O/c1-10-6-8-13(12-10)7-2-4-11-5-3-9-14-11/h6,8,11H,2-5,7,9H2,1H3. The number of aryl methyl sites for hydroxylation is 2. The first-order chi connectivity index (χ1) is 6.84. The first kappa shape index (κ1) is 9.71. The van der Waals surface area contributed by atoms with Crippen molar-refractivity contribution >= 4 is 0 Å². The highest BCUT2D eigenvalue weighted by molar-refractivity contribution is 4.94. The maximum atomic E-state index is 5.57. The van der Waals surface area contributed by atoms with E-state index in [0.29, 0.717) is 6.10 Å². The summed E-state index contributed by atoms with van der Waals surface area (Å²) in [5, 5.41) is 4.35. The Morgan fingerprint density at radius 1 is 1.64 bits per heavy atom. The molecule has 2 heterocycles. The summed E-state index contributed by atoms with van der Waals surface area (Å²) in [5.74, 6) is 0. The third kappa shape index (κ3) is 2.58. The Labute approximate surface area is 85.1 Å². The van der Waals surface area contributed by atoms with Crippen LogP contribution in [0, 0.1) is 6.92 Å². The Hall–Kier alpha value is -0.830. The molecule has 0 radical (unpaired) electrons. The van der Waals surface area contributed by atoms with E-state index in [-0.39, 0.29) is 0 Å². The van der Waals surface area contributed by atoms with Crippen molar-refractivity contribution in [3.63, 3.8) is 0 Å². The molecule has 1 aromatic rings. The number of hydrogen-bond acceptors (Lipinski definition) is 2. The Balaban J connectivity index is 1.67. The van der Waals surface area contributed by atoms with Gasteiger partial charge in [0.2, 0.25) is 0 Å². The highest BCUT2D eigenvalue weighted by Gasteiger charge is 2.14. The van der Waals surface area contributed by atoms with Gasteiger partial charge in [-0.05, 0) is 38.7 Å². The SMILES string of the molecule is Cc1ccn(CCCC2CCCO2)n1. The Morgan fingerprint density at radius 3 is 3.21 bits per heavy atom.